The highest BCUT2D eigenvalue weighted by Gasteiger charge is 2.48. The van der Waals surface area contributed by atoms with Crippen molar-refractivity contribution in [1.29, 1.82) is 0 Å². The molecule has 2 rings (SSSR count). The lowest BCUT2D eigenvalue weighted by Gasteiger charge is -2.45. The Morgan fingerprint density at radius 2 is 1.88 bits per heavy atom. The first-order valence-corrected chi connectivity index (χ1v) is 6.81. The molecule has 16 heavy (non-hydrogen) atoms. The van der Waals surface area contributed by atoms with E-state index in [4.69, 9.17) is 5.11 Å². The maximum atomic E-state index is 13.4. The second-order valence-corrected chi connectivity index (χ2v) is 5.99. The zero-order valence-electron chi connectivity index (χ0n) is 8.99. The van der Waals surface area contributed by atoms with Gasteiger partial charge in [0.2, 0.25) is 5.92 Å². The Labute approximate surface area is 97.8 Å². The number of rotatable bonds is 3. The lowest BCUT2D eigenvalue weighted by molar-refractivity contribution is -0.138. The van der Waals surface area contributed by atoms with Crippen molar-refractivity contribution in [2.75, 3.05) is 11.5 Å². The normalized spacial score (nSPS) is 37.0. The van der Waals surface area contributed by atoms with Crippen molar-refractivity contribution in [3.63, 3.8) is 0 Å². The highest BCUT2D eigenvalue weighted by Crippen LogP contribution is 2.50. The molecule has 2 fully saturated rings. The molecule has 5 heteroatoms. The lowest BCUT2D eigenvalue weighted by atomic mass is 9.69. The number of thioether (sulfide) groups is 1. The van der Waals surface area contributed by atoms with Crippen LogP contribution in [0.4, 0.5) is 8.78 Å². The van der Waals surface area contributed by atoms with Gasteiger partial charge in [0.05, 0.1) is 0 Å². The van der Waals surface area contributed by atoms with Crippen molar-refractivity contribution in [3.8, 4) is 0 Å². The van der Waals surface area contributed by atoms with E-state index in [1.165, 1.54) is 0 Å². The van der Waals surface area contributed by atoms with E-state index in [1.807, 2.05) is 0 Å². The van der Waals surface area contributed by atoms with Gasteiger partial charge in [-0.2, -0.15) is 11.8 Å². The summed E-state index contributed by atoms with van der Waals surface area (Å²) in [5.74, 6) is -1.54. The molecule has 1 aliphatic heterocycles. The Kier molecular flexibility index (Phi) is 3.42. The predicted molar refractivity (Wildman–Crippen MR) is 58.8 cm³/mol. The zero-order valence-corrected chi connectivity index (χ0v) is 9.81. The van der Waals surface area contributed by atoms with E-state index < -0.39 is 11.9 Å². The summed E-state index contributed by atoms with van der Waals surface area (Å²) in [6, 6.07) is 0. The Balaban J connectivity index is 2.00. The Morgan fingerprint density at radius 1 is 1.31 bits per heavy atom. The van der Waals surface area contributed by atoms with Crippen molar-refractivity contribution < 1.29 is 18.7 Å². The molecule has 2 unspecified atom stereocenters. The third kappa shape index (κ3) is 2.67. The van der Waals surface area contributed by atoms with Gasteiger partial charge in [0.1, 0.15) is 0 Å². The molecule has 0 aromatic carbocycles. The summed E-state index contributed by atoms with van der Waals surface area (Å²) in [6.07, 6.45) is 0.608. The van der Waals surface area contributed by atoms with Crippen molar-refractivity contribution in [3.05, 3.63) is 0 Å². The molecule has 2 aliphatic rings. The number of carboxylic acid groups (broad SMARTS) is 1. The van der Waals surface area contributed by atoms with Gasteiger partial charge >= 0.3 is 5.97 Å². The molecule has 0 radical (unpaired) electrons. The number of alkyl halides is 2. The first kappa shape index (κ1) is 12.1. The van der Waals surface area contributed by atoms with Gasteiger partial charge in [-0.15, -0.1) is 0 Å². The van der Waals surface area contributed by atoms with Crippen molar-refractivity contribution >= 4 is 17.7 Å². The number of carbonyl (C=O) groups is 1. The lowest BCUT2D eigenvalue weighted by Crippen LogP contribution is -2.44. The molecule has 1 saturated carbocycles. The first-order valence-electron chi connectivity index (χ1n) is 5.65. The second kappa shape index (κ2) is 4.51. The van der Waals surface area contributed by atoms with Gasteiger partial charge in [-0.1, -0.05) is 0 Å². The minimum absolute atomic E-state index is 0.0202. The SMILES string of the molecule is O=C(O)CCC1C2CSCC1CC(F)(F)C2. The zero-order chi connectivity index (χ0) is 11.8. The molecule has 0 aromatic rings. The van der Waals surface area contributed by atoms with Gasteiger partial charge in [-0.25, -0.2) is 8.78 Å². The fourth-order valence-corrected chi connectivity index (χ4v) is 4.51. The predicted octanol–water partition coefficient (Wildman–Crippen LogP) is 2.88. The van der Waals surface area contributed by atoms with E-state index in [0.29, 0.717) is 6.42 Å². The Hall–Kier alpha value is -0.320. The van der Waals surface area contributed by atoms with E-state index in [0.717, 1.165) is 11.5 Å². The molecule has 0 amide bonds. The standard InChI is InChI=1S/C11H16F2O2S/c12-11(13)3-7-5-16-6-8(4-11)9(7)1-2-10(14)15/h7-9H,1-6H2,(H,14,15). The Morgan fingerprint density at radius 3 is 2.38 bits per heavy atom. The number of fused-ring (bicyclic) bond motifs is 2. The minimum Gasteiger partial charge on any atom is -0.481 e. The molecule has 0 aromatic heterocycles. The largest absolute Gasteiger partial charge is 0.481 e. The highest BCUT2D eigenvalue weighted by atomic mass is 32.2. The molecule has 1 aliphatic carbocycles. The van der Waals surface area contributed by atoms with Crippen LogP contribution in [0.3, 0.4) is 0 Å². The molecule has 2 nitrogen and oxygen atoms in total. The maximum absolute atomic E-state index is 13.4. The van der Waals surface area contributed by atoms with E-state index >= 15 is 0 Å². The van der Waals surface area contributed by atoms with Gasteiger partial charge in [-0.05, 0) is 35.7 Å². The molecular formula is C11H16F2O2S. The molecule has 1 heterocycles. The van der Waals surface area contributed by atoms with Crippen LogP contribution in [0.5, 0.6) is 0 Å². The van der Waals surface area contributed by atoms with Crippen LogP contribution in [0.25, 0.3) is 0 Å². The third-order valence-corrected chi connectivity index (χ3v) is 5.02. The van der Waals surface area contributed by atoms with Gasteiger partial charge in [0.15, 0.2) is 0 Å². The van der Waals surface area contributed by atoms with Crippen LogP contribution in [-0.4, -0.2) is 28.5 Å². The summed E-state index contributed by atoms with van der Waals surface area (Å²) in [6.45, 7) is 0. The van der Waals surface area contributed by atoms with E-state index in [9.17, 15) is 13.6 Å². The van der Waals surface area contributed by atoms with Crippen LogP contribution in [0, 0.1) is 17.8 Å². The van der Waals surface area contributed by atoms with E-state index in [2.05, 4.69) is 0 Å². The van der Waals surface area contributed by atoms with Crippen molar-refractivity contribution in [2.24, 2.45) is 17.8 Å². The number of carboxylic acids is 1. The quantitative estimate of drug-likeness (QED) is 0.837. The topological polar surface area (TPSA) is 37.3 Å². The monoisotopic (exact) mass is 250 g/mol. The van der Waals surface area contributed by atoms with Crippen LogP contribution in [0.15, 0.2) is 0 Å². The van der Waals surface area contributed by atoms with Crippen LogP contribution >= 0.6 is 11.8 Å². The van der Waals surface area contributed by atoms with E-state index in [1.54, 1.807) is 11.8 Å². The molecule has 0 spiro atoms. The van der Waals surface area contributed by atoms with Crippen LogP contribution in [0.1, 0.15) is 25.7 Å². The number of halogens is 2. The van der Waals surface area contributed by atoms with Crippen LogP contribution < -0.4 is 0 Å². The summed E-state index contributed by atoms with van der Waals surface area (Å²) in [7, 11) is 0. The summed E-state index contributed by atoms with van der Waals surface area (Å²) < 4.78 is 26.7. The summed E-state index contributed by atoms with van der Waals surface area (Å²) in [4.78, 5) is 10.5. The van der Waals surface area contributed by atoms with Gasteiger partial charge < -0.3 is 5.11 Å². The molecule has 2 atom stereocenters. The second-order valence-electron chi connectivity index (χ2n) is 4.92. The van der Waals surface area contributed by atoms with Crippen molar-refractivity contribution in [1.82, 2.24) is 0 Å². The number of hydrogen-bond donors (Lipinski definition) is 1. The molecule has 92 valence electrons. The van der Waals surface area contributed by atoms with E-state index in [-0.39, 0.29) is 37.0 Å². The van der Waals surface area contributed by atoms with Gasteiger partial charge in [-0.3, -0.25) is 4.79 Å². The highest BCUT2D eigenvalue weighted by molar-refractivity contribution is 7.99. The number of aliphatic carboxylic acids is 1. The van der Waals surface area contributed by atoms with Gasteiger partial charge in [0.25, 0.3) is 0 Å². The Bertz CT molecular complexity index is 267. The average Bonchev–Trinajstić information content (AvgIpc) is 2.13. The molecule has 2 bridgehead atoms. The number of hydrogen-bond acceptors (Lipinski definition) is 2. The summed E-state index contributed by atoms with van der Waals surface area (Å²) in [5, 5.41) is 8.66. The fraction of sp³-hybridized carbons (Fsp3) is 0.909. The third-order valence-electron chi connectivity index (χ3n) is 3.69. The molecule has 1 saturated heterocycles. The van der Waals surface area contributed by atoms with Gasteiger partial charge in [0, 0.05) is 19.3 Å². The smallest absolute Gasteiger partial charge is 0.303 e. The molecule has 1 N–H and O–H groups in total. The molecular weight excluding hydrogens is 234 g/mol. The first-order chi connectivity index (χ1) is 7.48. The fourth-order valence-electron chi connectivity index (χ4n) is 3.04. The van der Waals surface area contributed by atoms with Crippen LogP contribution in [0.2, 0.25) is 0 Å². The average molecular weight is 250 g/mol. The van der Waals surface area contributed by atoms with Crippen molar-refractivity contribution in [2.45, 2.75) is 31.6 Å². The van der Waals surface area contributed by atoms with Crippen LogP contribution in [-0.2, 0) is 4.79 Å². The summed E-state index contributed by atoms with van der Waals surface area (Å²) >= 11 is 1.74. The maximum Gasteiger partial charge on any atom is 0.303 e. The minimum atomic E-state index is -2.52. The summed E-state index contributed by atoms with van der Waals surface area (Å²) in [5.41, 5.74) is 0.